The van der Waals surface area contributed by atoms with Crippen LogP contribution in [0.15, 0.2) is 42.5 Å². The molecule has 0 spiro atoms. The highest BCUT2D eigenvalue weighted by molar-refractivity contribution is 6.10. The van der Waals surface area contributed by atoms with Crippen LogP contribution in [-0.2, 0) is 11.2 Å². The number of nitrogens with one attached hydrogen (secondary N) is 1. The third-order valence-corrected chi connectivity index (χ3v) is 6.11. The first kappa shape index (κ1) is 16.4. The third-order valence-electron chi connectivity index (χ3n) is 6.11. The summed E-state index contributed by atoms with van der Waals surface area (Å²) in [6.45, 7) is 3.00. The SMILES string of the molecule is C[C@@H]1CCc2ccccc2N1C(=O)c1ccc2c(c1)NC(=O)[C@H]1CCCN21. The predicted octanol–water partition coefficient (Wildman–Crippen LogP) is 3.59. The second kappa shape index (κ2) is 6.12. The van der Waals surface area contributed by atoms with Crippen LogP contribution in [-0.4, -0.2) is 30.4 Å². The molecule has 3 aliphatic heterocycles. The molecule has 5 rings (SSSR count). The molecule has 3 heterocycles. The summed E-state index contributed by atoms with van der Waals surface area (Å²) in [5, 5.41) is 3.01. The molecule has 0 saturated carbocycles. The van der Waals surface area contributed by atoms with Crippen molar-refractivity contribution in [2.24, 2.45) is 0 Å². The van der Waals surface area contributed by atoms with Crippen molar-refractivity contribution in [3.63, 3.8) is 0 Å². The van der Waals surface area contributed by atoms with E-state index in [-0.39, 0.29) is 23.9 Å². The second-order valence-electron chi connectivity index (χ2n) is 7.76. The molecule has 1 N–H and O–H groups in total. The number of fused-ring (bicyclic) bond motifs is 4. The van der Waals surface area contributed by atoms with Crippen LogP contribution in [0, 0.1) is 0 Å². The van der Waals surface area contributed by atoms with Crippen LogP contribution in [0.2, 0.25) is 0 Å². The fraction of sp³-hybridized carbons (Fsp3) is 0.364. The molecule has 1 saturated heterocycles. The Morgan fingerprint density at radius 2 is 1.96 bits per heavy atom. The number of hydrogen-bond acceptors (Lipinski definition) is 3. The molecule has 2 amide bonds. The van der Waals surface area contributed by atoms with Gasteiger partial charge in [-0.1, -0.05) is 18.2 Å². The zero-order valence-electron chi connectivity index (χ0n) is 15.4. The highest BCUT2D eigenvalue weighted by Crippen LogP contribution is 2.38. The van der Waals surface area contributed by atoms with Crippen molar-refractivity contribution in [2.45, 2.75) is 44.7 Å². The number of anilines is 3. The molecule has 5 heteroatoms. The first-order valence-electron chi connectivity index (χ1n) is 9.76. The van der Waals surface area contributed by atoms with E-state index < -0.39 is 0 Å². The standard InChI is InChI=1S/C22H23N3O2/c1-14-8-9-15-5-2-3-6-18(15)25(14)22(27)16-10-11-19-17(13-16)23-21(26)20-7-4-12-24(19)20/h2-3,5-6,10-11,13-14,20H,4,7-9,12H2,1H3,(H,23,26)/t14-,20-/m1/s1. The summed E-state index contributed by atoms with van der Waals surface area (Å²) in [5.41, 5.74) is 4.62. The minimum atomic E-state index is -0.0620. The minimum absolute atomic E-state index is 0.00440. The Morgan fingerprint density at radius 3 is 2.85 bits per heavy atom. The smallest absolute Gasteiger partial charge is 0.258 e. The van der Waals surface area contributed by atoms with Crippen LogP contribution < -0.4 is 15.1 Å². The number of rotatable bonds is 1. The molecule has 5 nitrogen and oxygen atoms in total. The molecular weight excluding hydrogens is 338 g/mol. The largest absolute Gasteiger partial charge is 0.358 e. The van der Waals surface area contributed by atoms with Gasteiger partial charge in [0, 0.05) is 23.8 Å². The number of hydrogen-bond donors (Lipinski definition) is 1. The van der Waals surface area contributed by atoms with Gasteiger partial charge in [0.15, 0.2) is 0 Å². The van der Waals surface area contributed by atoms with Crippen molar-refractivity contribution >= 4 is 28.9 Å². The molecule has 0 unspecified atom stereocenters. The zero-order chi connectivity index (χ0) is 18.5. The summed E-state index contributed by atoms with van der Waals surface area (Å²) < 4.78 is 0. The molecule has 3 aliphatic rings. The van der Waals surface area contributed by atoms with Crippen molar-refractivity contribution in [3.8, 4) is 0 Å². The van der Waals surface area contributed by atoms with Gasteiger partial charge in [0.05, 0.1) is 11.4 Å². The monoisotopic (exact) mass is 361 g/mol. The Bertz CT molecular complexity index is 939. The number of carbonyl (C=O) groups is 2. The zero-order valence-corrected chi connectivity index (χ0v) is 15.4. The molecule has 2 atom stereocenters. The van der Waals surface area contributed by atoms with Crippen LogP contribution in [0.25, 0.3) is 0 Å². The van der Waals surface area contributed by atoms with E-state index in [1.807, 2.05) is 41.3 Å². The first-order valence-corrected chi connectivity index (χ1v) is 9.76. The number of benzene rings is 2. The lowest BCUT2D eigenvalue weighted by molar-refractivity contribution is -0.117. The van der Waals surface area contributed by atoms with E-state index in [0.717, 1.165) is 49.3 Å². The van der Waals surface area contributed by atoms with Crippen LogP contribution in [0.4, 0.5) is 17.1 Å². The maximum absolute atomic E-state index is 13.4. The van der Waals surface area contributed by atoms with Crippen LogP contribution in [0.1, 0.15) is 42.1 Å². The van der Waals surface area contributed by atoms with Gasteiger partial charge < -0.3 is 15.1 Å². The predicted molar refractivity (Wildman–Crippen MR) is 106 cm³/mol. The Kier molecular flexibility index (Phi) is 3.71. The Morgan fingerprint density at radius 1 is 1.11 bits per heavy atom. The Balaban J connectivity index is 1.52. The van der Waals surface area contributed by atoms with E-state index in [9.17, 15) is 9.59 Å². The number of para-hydroxylation sites is 1. The number of nitrogens with zero attached hydrogens (tertiary/aromatic N) is 2. The summed E-state index contributed by atoms with van der Waals surface area (Å²) >= 11 is 0. The van der Waals surface area contributed by atoms with Crippen molar-refractivity contribution in [1.82, 2.24) is 0 Å². The van der Waals surface area contributed by atoms with Gasteiger partial charge >= 0.3 is 0 Å². The summed E-state index contributed by atoms with van der Waals surface area (Å²) in [6, 6.07) is 14.0. The molecule has 138 valence electrons. The number of aryl methyl sites for hydroxylation is 1. The third kappa shape index (κ3) is 2.52. The maximum Gasteiger partial charge on any atom is 0.258 e. The van der Waals surface area contributed by atoms with E-state index in [2.05, 4.69) is 23.2 Å². The summed E-state index contributed by atoms with van der Waals surface area (Å²) in [7, 11) is 0. The van der Waals surface area contributed by atoms with E-state index in [1.165, 1.54) is 5.56 Å². The van der Waals surface area contributed by atoms with E-state index in [1.54, 1.807) is 0 Å². The molecule has 0 aliphatic carbocycles. The minimum Gasteiger partial charge on any atom is -0.358 e. The van der Waals surface area contributed by atoms with Gasteiger partial charge in [-0.2, -0.15) is 0 Å². The van der Waals surface area contributed by atoms with Crippen LogP contribution in [0.5, 0.6) is 0 Å². The van der Waals surface area contributed by atoms with Gasteiger partial charge in [-0.25, -0.2) is 0 Å². The van der Waals surface area contributed by atoms with Crippen molar-refractivity contribution < 1.29 is 9.59 Å². The normalized spacial score (nSPS) is 23.4. The quantitative estimate of drug-likeness (QED) is 0.845. The van der Waals surface area contributed by atoms with Crippen LogP contribution >= 0.6 is 0 Å². The maximum atomic E-state index is 13.4. The first-order chi connectivity index (χ1) is 13.1. The molecule has 27 heavy (non-hydrogen) atoms. The fourth-order valence-electron chi connectivity index (χ4n) is 4.70. The van der Waals surface area contributed by atoms with Gasteiger partial charge in [-0.05, 0) is 62.4 Å². The molecule has 0 radical (unpaired) electrons. The molecule has 0 aromatic heterocycles. The van der Waals surface area contributed by atoms with Crippen molar-refractivity contribution in [1.29, 1.82) is 0 Å². The fourth-order valence-corrected chi connectivity index (χ4v) is 4.70. The Labute approximate surface area is 159 Å². The highest BCUT2D eigenvalue weighted by atomic mass is 16.2. The van der Waals surface area contributed by atoms with E-state index >= 15 is 0 Å². The molecule has 2 aromatic rings. The Hall–Kier alpha value is -2.82. The summed E-state index contributed by atoms with van der Waals surface area (Å²) in [6.07, 6.45) is 3.88. The van der Waals surface area contributed by atoms with Gasteiger partial charge in [0.25, 0.3) is 5.91 Å². The second-order valence-corrected chi connectivity index (χ2v) is 7.76. The summed E-state index contributed by atoms with van der Waals surface area (Å²) in [4.78, 5) is 29.8. The van der Waals surface area contributed by atoms with Gasteiger partial charge in [0.1, 0.15) is 6.04 Å². The average molecular weight is 361 g/mol. The number of carbonyl (C=O) groups excluding carboxylic acids is 2. The average Bonchev–Trinajstić information content (AvgIpc) is 3.18. The molecule has 2 aromatic carbocycles. The van der Waals surface area contributed by atoms with E-state index in [4.69, 9.17) is 0 Å². The highest BCUT2D eigenvalue weighted by Gasteiger charge is 2.37. The lowest BCUT2D eigenvalue weighted by atomic mass is 9.95. The molecular formula is C22H23N3O2. The van der Waals surface area contributed by atoms with Crippen molar-refractivity contribution in [2.75, 3.05) is 21.7 Å². The van der Waals surface area contributed by atoms with Gasteiger partial charge in [-0.3, -0.25) is 9.59 Å². The number of amides is 2. The van der Waals surface area contributed by atoms with Crippen LogP contribution in [0.3, 0.4) is 0 Å². The van der Waals surface area contributed by atoms with Crippen molar-refractivity contribution in [3.05, 3.63) is 53.6 Å². The molecule has 1 fully saturated rings. The van der Waals surface area contributed by atoms with Gasteiger partial charge in [0.2, 0.25) is 5.91 Å². The van der Waals surface area contributed by atoms with E-state index in [0.29, 0.717) is 5.56 Å². The lowest BCUT2D eigenvalue weighted by Crippen LogP contribution is -2.44. The topological polar surface area (TPSA) is 52.7 Å². The lowest BCUT2D eigenvalue weighted by Gasteiger charge is -2.36. The van der Waals surface area contributed by atoms with Gasteiger partial charge in [-0.15, -0.1) is 0 Å². The summed E-state index contributed by atoms with van der Waals surface area (Å²) in [5.74, 6) is 0.0385. The molecule has 0 bridgehead atoms.